The lowest BCUT2D eigenvalue weighted by molar-refractivity contribution is 0.838. The highest BCUT2D eigenvalue weighted by atomic mass is 31.0. The third kappa shape index (κ3) is 2.64. The third-order valence-corrected chi connectivity index (χ3v) is 4.40. The van der Waals surface area contributed by atoms with Crippen molar-refractivity contribution in [2.75, 3.05) is 0 Å². The van der Waals surface area contributed by atoms with E-state index in [1.165, 1.54) is 0 Å². The van der Waals surface area contributed by atoms with E-state index in [1.54, 1.807) is 0 Å². The molecule has 82 valence electrons. The molecule has 0 bridgehead atoms. The van der Waals surface area contributed by atoms with Gasteiger partial charge in [-0.2, -0.15) is 0 Å². The third-order valence-electron chi connectivity index (χ3n) is 2.45. The Morgan fingerprint density at radius 3 is 1.50 bits per heavy atom. The molecule has 0 spiro atoms. The van der Waals surface area contributed by atoms with Gasteiger partial charge in [0, 0.05) is 35.1 Å². The molecular weight excluding hydrogens is 234 g/mol. The van der Waals surface area contributed by atoms with Crippen LogP contribution in [0.5, 0.6) is 0 Å². The second-order valence-electron chi connectivity index (χ2n) is 3.56. The van der Waals surface area contributed by atoms with Gasteiger partial charge in [-0.3, -0.25) is 9.97 Å². The number of rotatable bonds is 3. The highest BCUT2D eigenvalue weighted by molar-refractivity contribution is 7.22. The molecule has 0 aliphatic carbocycles. The minimum Gasteiger partial charge on any atom is -0.261 e. The first-order valence-corrected chi connectivity index (χ1v) is 6.45. The fourth-order valence-electron chi connectivity index (χ4n) is 1.51. The van der Waals surface area contributed by atoms with Crippen molar-refractivity contribution in [2.24, 2.45) is 0 Å². The maximum Gasteiger partial charge on any atom is 0.0482 e. The smallest absolute Gasteiger partial charge is 0.0482 e. The van der Waals surface area contributed by atoms with E-state index >= 15 is 0 Å². The van der Waals surface area contributed by atoms with Gasteiger partial charge in [0.2, 0.25) is 0 Å². The lowest BCUT2D eigenvalue weighted by atomic mass is 10.1. The topological polar surface area (TPSA) is 25.8 Å². The van der Waals surface area contributed by atoms with Crippen LogP contribution in [0.1, 0.15) is 22.7 Å². The Labute approximate surface area is 100 Å². The molecule has 0 aliphatic heterocycles. The first-order chi connectivity index (χ1) is 7.79. The molecule has 0 amide bonds. The molecule has 0 aromatic carbocycles. The zero-order valence-electron chi connectivity index (χ0n) is 8.82. The van der Waals surface area contributed by atoms with Gasteiger partial charge in [0.05, 0.1) is 0 Å². The van der Waals surface area contributed by atoms with Crippen LogP contribution in [-0.4, -0.2) is 9.97 Å². The second kappa shape index (κ2) is 5.48. The summed E-state index contributed by atoms with van der Waals surface area (Å²) in [6, 6.07) is 12.0. The van der Waals surface area contributed by atoms with Crippen molar-refractivity contribution >= 4 is 18.5 Å². The standard InChI is InChI=1S/C12H14N2P2/c15-11(9-5-1-3-7-13-9)12(16)10-6-2-4-8-14-10/h1-8,11-12H,15-16H2/t11-,12-/m1/s1. The van der Waals surface area contributed by atoms with Crippen LogP contribution in [-0.2, 0) is 0 Å². The molecule has 0 radical (unpaired) electrons. The van der Waals surface area contributed by atoms with Crippen LogP contribution in [0.3, 0.4) is 0 Å². The summed E-state index contributed by atoms with van der Waals surface area (Å²) in [7, 11) is 5.67. The average Bonchev–Trinajstić information content (AvgIpc) is 2.39. The molecule has 2 aromatic rings. The number of nitrogens with zero attached hydrogens (tertiary/aromatic N) is 2. The minimum absolute atomic E-state index is 0.265. The lowest BCUT2D eigenvalue weighted by Gasteiger charge is -2.18. The Bertz CT molecular complexity index is 390. The van der Waals surface area contributed by atoms with Gasteiger partial charge in [-0.25, -0.2) is 0 Å². The Morgan fingerprint density at radius 1 is 0.750 bits per heavy atom. The summed E-state index contributed by atoms with van der Waals surface area (Å²) in [5.74, 6) is 0. The molecule has 2 aromatic heterocycles. The first kappa shape index (κ1) is 11.6. The van der Waals surface area contributed by atoms with Gasteiger partial charge in [-0.05, 0) is 24.3 Å². The predicted molar refractivity (Wildman–Crippen MR) is 73.4 cm³/mol. The van der Waals surface area contributed by atoms with Crippen LogP contribution < -0.4 is 0 Å². The van der Waals surface area contributed by atoms with Crippen molar-refractivity contribution in [3.8, 4) is 0 Å². The molecule has 4 heteroatoms. The van der Waals surface area contributed by atoms with Gasteiger partial charge >= 0.3 is 0 Å². The average molecular weight is 248 g/mol. The minimum atomic E-state index is 0.265. The molecule has 2 unspecified atom stereocenters. The number of aromatic nitrogens is 2. The summed E-state index contributed by atoms with van der Waals surface area (Å²) in [6.45, 7) is 0. The van der Waals surface area contributed by atoms with Crippen LogP contribution in [0, 0.1) is 0 Å². The van der Waals surface area contributed by atoms with E-state index in [1.807, 2.05) is 48.8 Å². The maximum absolute atomic E-state index is 4.36. The fourth-order valence-corrected chi connectivity index (χ4v) is 2.30. The van der Waals surface area contributed by atoms with E-state index in [2.05, 4.69) is 28.4 Å². The quantitative estimate of drug-likeness (QED) is 0.780. The Kier molecular flexibility index (Phi) is 3.98. The molecule has 16 heavy (non-hydrogen) atoms. The monoisotopic (exact) mass is 248 g/mol. The van der Waals surface area contributed by atoms with Crippen LogP contribution in [0.15, 0.2) is 48.8 Å². The van der Waals surface area contributed by atoms with E-state index in [0.29, 0.717) is 0 Å². The summed E-state index contributed by atoms with van der Waals surface area (Å²) >= 11 is 0. The molecule has 4 atom stereocenters. The summed E-state index contributed by atoms with van der Waals surface area (Å²) in [4.78, 5) is 8.73. The second-order valence-corrected chi connectivity index (χ2v) is 5.00. The highest BCUT2D eigenvalue weighted by Gasteiger charge is 2.18. The largest absolute Gasteiger partial charge is 0.261 e. The van der Waals surface area contributed by atoms with Gasteiger partial charge in [-0.1, -0.05) is 12.1 Å². The van der Waals surface area contributed by atoms with Crippen molar-refractivity contribution in [2.45, 2.75) is 11.3 Å². The SMILES string of the molecule is P[C@H](c1ccccn1)[C@H](P)c1ccccn1. The van der Waals surface area contributed by atoms with Gasteiger partial charge in [-0.15, -0.1) is 18.5 Å². The van der Waals surface area contributed by atoms with Crippen LogP contribution in [0.25, 0.3) is 0 Å². The molecule has 0 N–H and O–H groups in total. The molecule has 2 rings (SSSR count). The van der Waals surface area contributed by atoms with E-state index in [0.717, 1.165) is 11.4 Å². The predicted octanol–water partition coefficient (Wildman–Crippen LogP) is 3.01. The summed E-state index contributed by atoms with van der Waals surface area (Å²) in [5.41, 5.74) is 2.67. The molecule has 2 nitrogen and oxygen atoms in total. The Balaban J connectivity index is 2.20. The van der Waals surface area contributed by atoms with E-state index in [9.17, 15) is 0 Å². The molecule has 2 heterocycles. The van der Waals surface area contributed by atoms with E-state index in [-0.39, 0.29) is 11.3 Å². The van der Waals surface area contributed by atoms with Crippen molar-refractivity contribution in [3.05, 3.63) is 60.2 Å². The summed E-state index contributed by atoms with van der Waals surface area (Å²) in [6.07, 6.45) is 3.64. The maximum atomic E-state index is 4.36. The first-order valence-electron chi connectivity index (χ1n) is 5.12. The van der Waals surface area contributed by atoms with Crippen molar-refractivity contribution < 1.29 is 0 Å². The van der Waals surface area contributed by atoms with E-state index < -0.39 is 0 Å². The summed E-state index contributed by atoms with van der Waals surface area (Å²) in [5, 5.41) is 0. The van der Waals surface area contributed by atoms with Gasteiger partial charge in [0.15, 0.2) is 0 Å². The van der Waals surface area contributed by atoms with Gasteiger partial charge in [0.25, 0.3) is 0 Å². The zero-order chi connectivity index (χ0) is 11.4. The van der Waals surface area contributed by atoms with Crippen LogP contribution >= 0.6 is 18.5 Å². The molecule has 0 aliphatic rings. The summed E-state index contributed by atoms with van der Waals surface area (Å²) < 4.78 is 0. The van der Waals surface area contributed by atoms with Gasteiger partial charge < -0.3 is 0 Å². The Morgan fingerprint density at radius 2 is 1.19 bits per heavy atom. The van der Waals surface area contributed by atoms with Crippen molar-refractivity contribution in [1.29, 1.82) is 0 Å². The zero-order valence-corrected chi connectivity index (χ0v) is 11.1. The van der Waals surface area contributed by atoms with E-state index in [4.69, 9.17) is 0 Å². The fraction of sp³-hybridized carbons (Fsp3) is 0.167. The van der Waals surface area contributed by atoms with Crippen LogP contribution in [0.2, 0.25) is 0 Å². The Hall–Kier alpha value is -0.840. The normalized spacial score (nSPS) is 14.4. The number of hydrogen-bond donors (Lipinski definition) is 0. The highest BCUT2D eigenvalue weighted by Crippen LogP contribution is 2.40. The van der Waals surface area contributed by atoms with Crippen molar-refractivity contribution in [3.63, 3.8) is 0 Å². The molecule has 0 saturated carbocycles. The van der Waals surface area contributed by atoms with Gasteiger partial charge in [0.1, 0.15) is 0 Å². The molecule has 0 fully saturated rings. The lowest BCUT2D eigenvalue weighted by Crippen LogP contribution is -2.02. The van der Waals surface area contributed by atoms with Crippen molar-refractivity contribution in [1.82, 2.24) is 9.97 Å². The van der Waals surface area contributed by atoms with Crippen LogP contribution in [0.4, 0.5) is 0 Å². The molecular formula is C12H14N2P2. The molecule has 0 saturated heterocycles. The number of pyridine rings is 2. The number of hydrogen-bond acceptors (Lipinski definition) is 2.